The Kier molecular flexibility index (Phi) is 7.96. The van der Waals surface area contributed by atoms with Crippen molar-refractivity contribution in [2.75, 3.05) is 18.6 Å². The molecular formula is C33H44FN5O2S. The number of benzene rings is 2. The van der Waals surface area contributed by atoms with Gasteiger partial charge in [0.25, 0.3) is 0 Å². The minimum Gasteiger partial charge on any atom is -0.492 e. The van der Waals surface area contributed by atoms with E-state index in [1.54, 1.807) is 21.4 Å². The van der Waals surface area contributed by atoms with Crippen molar-refractivity contribution in [2.45, 2.75) is 96.1 Å². The third-order valence-corrected chi connectivity index (χ3v) is 9.89. The minimum absolute atomic E-state index is 0.0220. The molecule has 0 radical (unpaired) electrons. The van der Waals surface area contributed by atoms with Crippen molar-refractivity contribution >= 4 is 34.6 Å². The van der Waals surface area contributed by atoms with Crippen LogP contribution in [0.25, 0.3) is 22.2 Å². The maximum Gasteiger partial charge on any atom is 0.349 e. The largest absolute Gasteiger partial charge is 0.492 e. The van der Waals surface area contributed by atoms with Gasteiger partial charge in [-0.2, -0.15) is 4.41 Å². The molecule has 1 unspecified atom stereocenters. The van der Waals surface area contributed by atoms with Crippen LogP contribution in [0.3, 0.4) is 0 Å². The van der Waals surface area contributed by atoms with Gasteiger partial charge in [0.2, 0.25) is 0 Å². The number of carbonyl (C=O) groups is 1. The second-order valence-electron chi connectivity index (χ2n) is 13.1. The molecule has 42 heavy (non-hydrogen) atoms. The number of hydrazine groups is 1. The zero-order chi connectivity index (χ0) is 29.8. The number of urea groups is 1. The lowest BCUT2D eigenvalue weighted by Gasteiger charge is -2.39. The molecule has 9 heteroatoms. The molecule has 3 heterocycles. The van der Waals surface area contributed by atoms with E-state index in [1.165, 1.54) is 42.2 Å². The molecule has 4 bridgehead atoms. The van der Waals surface area contributed by atoms with E-state index in [4.69, 9.17) is 4.74 Å². The normalized spacial score (nSPS) is 23.3. The van der Waals surface area contributed by atoms with Gasteiger partial charge >= 0.3 is 6.03 Å². The molecule has 7 nitrogen and oxygen atoms in total. The molecule has 1 fully saturated rings. The molecule has 1 aromatic heterocycles. The minimum atomic E-state index is -0.598. The Morgan fingerprint density at radius 3 is 2.60 bits per heavy atom. The molecule has 2 atom stereocenters. The number of nitrogens with zero attached hydrogens (tertiary/aromatic N) is 3. The molecule has 2 aromatic carbocycles. The average molecular weight is 594 g/mol. The molecule has 0 spiro atoms. The Morgan fingerprint density at radius 2 is 1.86 bits per heavy atom. The third kappa shape index (κ3) is 5.51. The van der Waals surface area contributed by atoms with Crippen LogP contribution in [-0.4, -0.2) is 45.6 Å². The summed E-state index contributed by atoms with van der Waals surface area (Å²) < 4.78 is 25.2. The first-order valence-corrected chi connectivity index (χ1v) is 16.2. The van der Waals surface area contributed by atoms with Gasteiger partial charge in [0.15, 0.2) is 0 Å². The number of halogens is 1. The van der Waals surface area contributed by atoms with Crippen molar-refractivity contribution in [3.05, 3.63) is 47.8 Å². The first kappa shape index (κ1) is 29.3. The quantitative estimate of drug-likeness (QED) is 0.306. The van der Waals surface area contributed by atoms with Crippen LogP contribution in [0.4, 0.5) is 14.9 Å². The Bertz CT molecular complexity index is 1480. The lowest BCUT2D eigenvalue weighted by atomic mass is 9.81. The molecule has 0 saturated heterocycles. The van der Waals surface area contributed by atoms with Crippen LogP contribution in [0.15, 0.2) is 36.4 Å². The average Bonchev–Trinajstić information content (AvgIpc) is 3.24. The summed E-state index contributed by atoms with van der Waals surface area (Å²) in [7, 11) is 1.84. The zero-order valence-corrected chi connectivity index (χ0v) is 26.5. The van der Waals surface area contributed by atoms with Gasteiger partial charge in [-0.1, -0.05) is 39.2 Å². The number of anilines is 1. The van der Waals surface area contributed by atoms with Crippen LogP contribution < -0.4 is 20.4 Å². The fourth-order valence-corrected chi connectivity index (χ4v) is 7.92. The van der Waals surface area contributed by atoms with E-state index in [1.807, 2.05) is 13.1 Å². The number of aromatic nitrogens is 1. The summed E-state index contributed by atoms with van der Waals surface area (Å²) in [6.07, 6.45) is 5.99. The summed E-state index contributed by atoms with van der Waals surface area (Å²) in [5, 5.41) is 5.18. The molecule has 226 valence electrons. The van der Waals surface area contributed by atoms with E-state index in [-0.39, 0.29) is 29.1 Å². The Morgan fingerprint density at radius 1 is 1.10 bits per heavy atom. The monoisotopic (exact) mass is 593 g/mol. The maximum absolute atomic E-state index is 14.6. The highest BCUT2D eigenvalue weighted by molar-refractivity contribution is 7.98. The molecule has 2 N–H and O–H groups in total. The van der Waals surface area contributed by atoms with Crippen molar-refractivity contribution in [1.29, 1.82) is 0 Å². The van der Waals surface area contributed by atoms with E-state index in [2.05, 4.69) is 68.1 Å². The summed E-state index contributed by atoms with van der Waals surface area (Å²) in [6.45, 7) is 11.6. The number of fused-ring (bicyclic) bond motifs is 4. The molecule has 3 aliphatic rings. The number of carbonyl (C=O) groups excluding carboxylic acids is 1. The lowest BCUT2D eigenvalue weighted by Crippen LogP contribution is -2.63. The van der Waals surface area contributed by atoms with Crippen LogP contribution in [0, 0.1) is 11.7 Å². The molecule has 3 aromatic rings. The van der Waals surface area contributed by atoms with Crippen molar-refractivity contribution in [3.8, 4) is 17.0 Å². The number of hydrogen-bond acceptors (Lipinski definition) is 5. The van der Waals surface area contributed by atoms with Crippen molar-refractivity contribution in [3.63, 3.8) is 0 Å². The predicted octanol–water partition coefficient (Wildman–Crippen LogP) is 7.65. The molecule has 2 amide bonds. The molecule has 1 aliphatic carbocycles. The van der Waals surface area contributed by atoms with Gasteiger partial charge < -0.3 is 9.30 Å². The van der Waals surface area contributed by atoms with E-state index < -0.39 is 5.66 Å². The fourth-order valence-electron chi connectivity index (χ4n) is 7.01. The van der Waals surface area contributed by atoms with Gasteiger partial charge in [0.1, 0.15) is 11.6 Å². The van der Waals surface area contributed by atoms with Crippen LogP contribution >= 0.6 is 11.9 Å². The molecule has 1 saturated carbocycles. The third-order valence-electron chi connectivity index (χ3n) is 9.01. The topological polar surface area (TPSA) is 61.8 Å². The van der Waals surface area contributed by atoms with Gasteiger partial charge in [-0.3, -0.25) is 10.2 Å². The Hall–Kier alpha value is -2.75. The van der Waals surface area contributed by atoms with Crippen LogP contribution in [0.5, 0.6) is 5.75 Å². The number of hydrogen-bond donors (Lipinski definition) is 2. The zero-order valence-electron chi connectivity index (χ0n) is 25.7. The Labute approximate surface area is 253 Å². The van der Waals surface area contributed by atoms with E-state index in [0.29, 0.717) is 18.3 Å². The number of rotatable bonds is 3. The highest BCUT2D eigenvalue weighted by Crippen LogP contribution is 2.48. The van der Waals surface area contributed by atoms with Gasteiger partial charge in [0, 0.05) is 53.5 Å². The van der Waals surface area contributed by atoms with E-state index in [0.717, 1.165) is 41.8 Å². The fraction of sp³-hybridized carbons (Fsp3) is 0.545. The van der Waals surface area contributed by atoms with Crippen LogP contribution in [0.2, 0.25) is 0 Å². The summed E-state index contributed by atoms with van der Waals surface area (Å²) in [4.78, 5) is 15.7. The number of amides is 2. The number of ether oxygens (including phenoxy) is 1. The van der Waals surface area contributed by atoms with Crippen molar-refractivity contribution in [2.24, 2.45) is 5.92 Å². The SMILES string of the molecule is CC(C)SN1NC(C)(C)NC(C)[C@@H]2COc3cc(F)ccc3-c3c(C4CCCCC4)c4ccc(cc4n3C2)N(C)C1=O. The summed E-state index contributed by atoms with van der Waals surface area (Å²) in [5.41, 5.74) is 8.24. The van der Waals surface area contributed by atoms with E-state index >= 15 is 0 Å². The van der Waals surface area contributed by atoms with Crippen LogP contribution in [0.1, 0.15) is 78.2 Å². The number of nitrogens with one attached hydrogen (secondary N) is 2. The van der Waals surface area contributed by atoms with Crippen molar-refractivity contribution in [1.82, 2.24) is 19.7 Å². The highest BCUT2D eigenvalue weighted by Gasteiger charge is 2.36. The summed E-state index contributed by atoms with van der Waals surface area (Å²) >= 11 is 1.47. The predicted molar refractivity (Wildman–Crippen MR) is 170 cm³/mol. The van der Waals surface area contributed by atoms with E-state index in [9.17, 15) is 9.18 Å². The first-order chi connectivity index (χ1) is 20.0. The first-order valence-electron chi connectivity index (χ1n) is 15.4. The van der Waals surface area contributed by atoms with Gasteiger partial charge in [-0.15, -0.1) is 0 Å². The second kappa shape index (κ2) is 11.4. The maximum atomic E-state index is 14.6. The molecule has 2 aliphatic heterocycles. The summed E-state index contributed by atoms with van der Waals surface area (Å²) in [6, 6.07) is 11.3. The van der Waals surface area contributed by atoms with Gasteiger partial charge in [0.05, 0.1) is 23.5 Å². The Balaban J connectivity index is 1.61. The summed E-state index contributed by atoms with van der Waals surface area (Å²) in [5.74, 6) is 0.816. The van der Waals surface area contributed by atoms with Crippen LogP contribution in [-0.2, 0) is 6.54 Å². The van der Waals surface area contributed by atoms with Gasteiger partial charge in [-0.25, -0.2) is 14.6 Å². The molecule has 6 rings (SSSR count). The second-order valence-corrected chi connectivity index (χ2v) is 14.6. The molecular weight excluding hydrogens is 549 g/mol. The van der Waals surface area contributed by atoms with Gasteiger partial charge in [-0.05, 0) is 81.3 Å². The lowest BCUT2D eigenvalue weighted by molar-refractivity contribution is 0.137. The highest BCUT2D eigenvalue weighted by atomic mass is 32.2. The smallest absolute Gasteiger partial charge is 0.349 e. The van der Waals surface area contributed by atoms with Crippen molar-refractivity contribution < 1.29 is 13.9 Å². The standard InChI is InChI=1S/C33H44FN5O2S/c1-20(2)42-39-32(40)37(6)25-13-15-26-28(17-25)38-18-23(21(3)35-33(4,5)36-39)19-41-29-16-24(34)12-14-27(29)31(38)30(26)22-10-8-7-9-11-22/h12-17,20-23,35-36H,7-11,18-19H2,1-6H3/t21?,23-/m0/s1.